The Morgan fingerprint density at radius 2 is 2.00 bits per heavy atom. The Bertz CT molecular complexity index is 94.1. The van der Waals surface area contributed by atoms with Crippen molar-refractivity contribution in [1.29, 1.82) is 5.26 Å². The molecule has 0 aliphatic carbocycles. The maximum atomic E-state index is 8.12. The van der Waals surface area contributed by atoms with E-state index in [-0.39, 0.29) is 5.54 Å². The first-order valence-corrected chi connectivity index (χ1v) is 2.68. The zero-order valence-corrected chi connectivity index (χ0v) is 5.65. The number of rotatable bonds is 1. The van der Waals surface area contributed by atoms with E-state index >= 15 is 0 Å². The molecule has 0 spiro atoms. The molecule has 0 saturated carbocycles. The molecule has 0 rings (SSSR count). The summed E-state index contributed by atoms with van der Waals surface area (Å²) in [6.45, 7) is 6.53. The van der Waals surface area contributed by atoms with Gasteiger partial charge in [0.2, 0.25) is 0 Å². The van der Waals surface area contributed by atoms with Gasteiger partial charge < -0.3 is 0 Å². The van der Waals surface area contributed by atoms with Crippen molar-refractivity contribution in [2.75, 3.05) is 6.54 Å². The molecule has 0 aromatic carbocycles. The topological polar surface area (TPSA) is 35.8 Å². The molecule has 0 heterocycles. The molecule has 0 saturated heterocycles. The van der Waals surface area contributed by atoms with Crippen molar-refractivity contribution in [3.05, 3.63) is 0 Å². The van der Waals surface area contributed by atoms with Gasteiger partial charge in [-0.15, -0.1) is 0 Å². The summed E-state index contributed by atoms with van der Waals surface area (Å²) in [5.74, 6) is 0. The minimum atomic E-state index is 0.0791. The Labute approximate surface area is 50.5 Å². The first-order chi connectivity index (χ1) is 3.56. The fourth-order valence-electron chi connectivity index (χ4n) is 0.305. The fourth-order valence-corrected chi connectivity index (χ4v) is 0.305. The summed E-state index contributed by atoms with van der Waals surface area (Å²) in [7, 11) is 0. The summed E-state index contributed by atoms with van der Waals surface area (Å²) in [6, 6.07) is 2.01. The second kappa shape index (κ2) is 2.68. The highest BCUT2D eigenvalue weighted by atomic mass is 14.9. The van der Waals surface area contributed by atoms with Gasteiger partial charge in [0.1, 0.15) is 0 Å². The molecular weight excluding hydrogens is 100 g/mol. The molecule has 8 heavy (non-hydrogen) atoms. The molecule has 0 aromatic rings. The van der Waals surface area contributed by atoms with Crippen LogP contribution >= 0.6 is 0 Å². The van der Waals surface area contributed by atoms with Gasteiger partial charge in [0.25, 0.3) is 0 Å². The average Bonchev–Trinajstić information content (AvgIpc) is 1.59. The van der Waals surface area contributed by atoms with Gasteiger partial charge in [0, 0.05) is 5.54 Å². The van der Waals surface area contributed by atoms with E-state index in [1.165, 1.54) is 0 Å². The molecule has 2 heteroatoms. The Morgan fingerprint density at radius 3 is 2.12 bits per heavy atom. The van der Waals surface area contributed by atoms with Crippen molar-refractivity contribution in [1.82, 2.24) is 5.32 Å². The second-order valence-electron chi connectivity index (χ2n) is 2.76. The lowest BCUT2D eigenvalue weighted by Gasteiger charge is -2.17. The van der Waals surface area contributed by atoms with E-state index in [0.29, 0.717) is 6.54 Å². The predicted octanol–water partition coefficient (Wildman–Crippen LogP) is 0.898. The quantitative estimate of drug-likeness (QED) is 0.511. The summed E-state index contributed by atoms with van der Waals surface area (Å²) < 4.78 is 0. The molecule has 0 fully saturated rings. The van der Waals surface area contributed by atoms with Crippen LogP contribution in [-0.4, -0.2) is 12.1 Å². The van der Waals surface area contributed by atoms with E-state index in [9.17, 15) is 0 Å². The molecule has 0 atom stereocenters. The largest absolute Gasteiger partial charge is 0.300 e. The smallest absolute Gasteiger partial charge is 0.0844 e. The first kappa shape index (κ1) is 7.45. The highest BCUT2D eigenvalue weighted by molar-refractivity contribution is 4.79. The Morgan fingerprint density at radius 1 is 1.50 bits per heavy atom. The summed E-state index contributed by atoms with van der Waals surface area (Å²) in [5, 5.41) is 11.1. The molecule has 0 aliphatic rings. The third kappa shape index (κ3) is 5.45. The molecule has 46 valence electrons. The maximum Gasteiger partial charge on any atom is 0.0844 e. The third-order valence-electron chi connectivity index (χ3n) is 0.698. The van der Waals surface area contributed by atoms with Gasteiger partial charge in [0.05, 0.1) is 12.6 Å². The fraction of sp³-hybridized carbons (Fsp3) is 0.833. The molecule has 1 N–H and O–H groups in total. The van der Waals surface area contributed by atoms with Crippen molar-refractivity contribution in [2.24, 2.45) is 0 Å². The molecule has 0 amide bonds. The van der Waals surface area contributed by atoms with Crippen LogP contribution in [0.2, 0.25) is 0 Å². The SMILES string of the molecule is CC(C)(C)NCC#N. The maximum absolute atomic E-state index is 8.12. The van der Waals surface area contributed by atoms with Gasteiger partial charge in [-0.1, -0.05) is 0 Å². The second-order valence-corrected chi connectivity index (χ2v) is 2.76. The Hall–Kier alpha value is -0.550. The Balaban J connectivity index is 3.28. The minimum Gasteiger partial charge on any atom is -0.300 e. The number of hydrogen-bond donors (Lipinski definition) is 1. The van der Waals surface area contributed by atoms with Crippen molar-refractivity contribution in [2.45, 2.75) is 26.3 Å². The lowest BCUT2D eigenvalue weighted by atomic mass is 10.1. The number of nitrogens with one attached hydrogen (secondary N) is 1. The lowest BCUT2D eigenvalue weighted by molar-refractivity contribution is 0.451. The third-order valence-corrected chi connectivity index (χ3v) is 0.698. The van der Waals surface area contributed by atoms with Crippen LogP contribution in [0, 0.1) is 11.3 Å². The zero-order chi connectivity index (χ0) is 6.62. The normalized spacial score (nSPS) is 10.8. The standard InChI is InChI=1S/C6H12N2/c1-6(2,3)8-5-4-7/h8H,5H2,1-3H3. The van der Waals surface area contributed by atoms with Crippen LogP contribution in [0.15, 0.2) is 0 Å². The van der Waals surface area contributed by atoms with Crippen molar-refractivity contribution in [3.63, 3.8) is 0 Å². The molecule has 0 aromatic heterocycles. The van der Waals surface area contributed by atoms with Gasteiger partial charge in [-0.05, 0) is 20.8 Å². The number of nitriles is 1. The van der Waals surface area contributed by atoms with E-state index in [2.05, 4.69) is 5.32 Å². The van der Waals surface area contributed by atoms with Crippen LogP contribution in [0.4, 0.5) is 0 Å². The van der Waals surface area contributed by atoms with Crippen molar-refractivity contribution >= 4 is 0 Å². The lowest BCUT2D eigenvalue weighted by Crippen LogP contribution is -2.35. The highest BCUT2D eigenvalue weighted by Crippen LogP contribution is 1.95. The van der Waals surface area contributed by atoms with Gasteiger partial charge >= 0.3 is 0 Å². The molecule has 0 unspecified atom stereocenters. The summed E-state index contributed by atoms with van der Waals surface area (Å²) >= 11 is 0. The van der Waals surface area contributed by atoms with Crippen LogP contribution in [0.5, 0.6) is 0 Å². The van der Waals surface area contributed by atoms with E-state index < -0.39 is 0 Å². The van der Waals surface area contributed by atoms with Gasteiger partial charge in [-0.3, -0.25) is 5.32 Å². The van der Waals surface area contributed by atoms with Crippen molar-refractivity contribution < 1.29 is 0 Å². The van der Waals surface area contributed by atoms with Gasteiger partial charge in [-0.25, -0.2) is 0 Å². The summed E-state index contributed by atoms with van der Waals surface area (Å²) in [4.78, 5) is 0. The molecular formula is C6H12N2. The van der Waals surface area contributed by atoms with Gasteiger partial charge in [-0.2, -0.15) is 5.26 Å². The van der Waals surface area contributed by atoms with Crippen LogP contribution in [0.25, 0.3) is 0 Å². The number of nitrogens with zero attached hydrogens (tertiary/aromatic N) is 1. The first-order valence-electron chi connectivity index (χ1n) is 2.68. The molecule has 0 aliphatic heterocycles. The molecule has 2 nitrogen and oxygen atoms in total. The van der Waals surface area contributed by atoms with Crippen LogP contribution < -0.4 is 5.32 Å². The Kier molecular flexibility index (Phi) is 2.50. The van der Waals surface area contributed by atoms with Crippen molar-refractivity contribution in [3.8, 4) is 6.07 Å². The van der Waals surface area contributed by atoms with E-state index in [4.69, 9.17) is 5.26 Å². The van der Waals surface area contributed by atoms with Crippen LogP contribution in [0.3, 0.4) is 0 Å². The van der Waals surface area contributed by atoms with Crippen LogP contribution in [-0.2, 0) is 0 Å². The monoisotopic (exact) mass is 112 g/mol. The number of hydrogen-bond acceptors (Lipinski definition) is 2. The predicted molar refractivity (Wildman–Crippen MR) is 33.4 cm³/mol. The average molecular weight is 112 g/mol. The van der Waals surface area contributed by atoms with E-state index in [0.717, 1.165) is 0 Å². The highest BCUT2D eigenvalue weighted by Gasteiger charge is 2.05. The van der Waals surface area contributed by atoms with E-state index in [1.807, 2.05) is 26.8 Å². The molecule has 0 radical (unpaired) electrons. The minimum absolute atomic E-state index is 0.0791. The van der Waals surface area contributed by atoms with Crippen LogP contribution in [0.1, 0.15) is 20.8 Å². The summed E-state index contributed by atoms with van der Waals surface area (Å²) in [6.07, 6.45) is 0. The summed E-state index contributed by atoms with van der Waals surface area (Å²) in [5.41, 5.74) is 0.0791. The van der Waals surface area contributed by atoms with E-state index in [1.54, 1.807) is 0 Å². The molecule has 0 bridgehead atoms. The zero-order valence-electron chi connectivity index (χ0n) is 5.65. The van der Waals surface area contributed by atoms with Gasteiger partial charge in [0.15, 0.2) is 0 Å².